The van der Waals surface area contributed by atoms with Gasteiger partial charge in [0.2, 0.25) is 15.3 Å². The summed E-state index contributed by atoms with van der Waals surface area (Å²) in [4.78, 5) is 7.79. The molecule has 6 nitrogen and oxygen atoms in total. The highest BCUT2D eigenvalue weighted by Crippen LogP contribution is 2.32. The minimum atomic E-state index is -3.43. The molecule has 1 heterocycles. The lowest BCUT2D eigenvalue weighted by Crippen LogP contribution is -2.11. The van der Waals surface area contributed by atoms with Crippen LogP contribution in [0.4, 0.5) is 17.2 Å². The smallest absolute Gasteiger partial charge is 0.229 e. The molecule has 0 aliphatic heterocycles. The highest BCUT2D eigenvalue weighted by Gasteiger charge is 2.13. The van der Waals surface area contributed by atoms with Gasteiger partial charge >= 0.3 is 0 Å². The van der Waals surface area contributed by atoms with Crippen molar-refractivity contribution < 1.29 is 8.42 Å². The van der Waals surface area contributed by atoms with Crippen molar-refractivity contribution in [3.63, 3.8) is 0 Å². The Morgan fingerprint density at radius 2 is 1.87 bits per heavy atom. The molecule has 1 aromatic carbocycles. The average molecular weight is 375 g/mol. The molecule has 2 rings (SSSR count). The first-order chi connectivity index (χ1) is 10.7. The normalized spacial score (nSPS) is 11.6. The number of aromatic nitrogens is 2. The van der Waals surface area contributed by atoms with Gasteiger partial charge in [0, 0.05) is 0 Å². The summed E-state index contributed by atoms with van der Waals surface area (Å²) >= 11 is 11.8. The summed E-state index contributed by atoms with van der Waals surface area (Å²) in [6, 6.07) is 5.39. The number of benzene rings is 1. The summed E-state index contributed by atoms with van der Waals surface area (Å²) < 4.78 is 25.5. The molecule has 0 unspecified atom stereocenters. The second-order valence-electron chi connectivity index (χ2n) is 5.29. The van der Waals surface area contributed by atoms with Gasteiger partial charge in [0.05, 0.1) is 23.8 Å². The van der Waals surface area contributed by atoms with E-state index in [0.717, 1.165) is 11.8 Å². The number of hydrogen-bond donors (Lipinski definition) is 2. The SMILES string of the molecule is CC(C)c1ccc(NS(C)(=O)=O)c(Nc2nc(Cl)ncc2Cl)c1. The van der Waals surface area contributed by atoms with Gasteiger partial charge in [-0.2, -0.15) is 4.98 Å². The summed E-state index contributed by atoms with van der Waals surface area (Å²) in [5.41, 5.74) is 1.95. The third-order valence-electron chi connectivity index (χ3n) is 2.97. The van der Waals surface area contributed by atoms with Crippen LogP contribution in [0.2, 0.25) is 10.3 Å². The molecule has 124 valence electrons. The van der Waals surface area contributed by atoms with Gasteiger partial charge in [-0.05, 0) is 35.2 Å². The maximum Gasteiger partial charge on any atom is 0.229 e. The molecular weight excluding hydrogens is 359 g/mol. The first kappa shape index (κ1) is 17.8. The fourth-order valence-corrected chi connectivity index (χ4v) is 2.72. The molecule has 9 heteroatoms. The quantitative estimate of drug-likeness (QED) is 0.771. The zero-order valence-electron chi connectivity index (χ0n) is 12.8. The molecule has 2 N–H and O–H groups in total. The van der Waals surface area contributed by atoms with Crippen molar-refractivity contribution in [2.75, 3.05) is 16.3 Å². The zero-order chi connectivity index (χ0) is 17.2. The first-order valence-electron chi connectivity index (χ1n) is 6.72. The largest absolute Gasteiger partial charge is 0.337 e. The topological polar surface area (TPSA) is 84.0 Å². The fraction of sp³-hybridized carbons (Fsp3) is 0.286. The van der Waals surface area contributed by atoms with Crippen molar-refractivity contribution in [1.29, 1.82) is 0 Å². The summed E-state index contributed by atoms with van der Waals surface area (Å²) in [7, 11) is -3.43. The summed E-state index contributed by atoms with van der Waals surface area (Å²) in [6.07, 6.45) is 2.46. The van der Waals surface area contributed by atoms with Crippen LogP contribution in [0.15, 0.2) is 24.4 Å². The second-order valence-corrected chi connectivity index (χ2v) is 7.79. The molecule has 0 saturated carbocycles. The molecule has 0 amide bonds. The monoisotopic (exact) mass is 374 g/mol. The molecule has 0 aliphatic carbocycles. The van der Waals surface area contributed by atoms with Crippen LogP contribution >= 0.6 is 23.2 Å². The lowest BCUT2D eigenvalue weighted by atomic mass is 10.0. The third kappa shape index (κ3) is 4.95. The molecular formula is C14H16Cl2N4O2S. The van der Waals surface area contributed by atoms with Crippen LogP contribution in [0.3, 0.4) is 0 Å². The maximum atomic E-state index is 11.5. The summed E-state index contributed by atoms with van der Waals surface area (Å²) in [6.45, 7) is 4.08. The average Bonchev–Trinajstić information content (AvgIpc) is 2.43. The Morgan fingerprint density at radius 1 is 1.17 bits per heavy atom. The van der Waals surface area contributed by atoms with Crippen molar-refractivity contribution in [3.05, 3.63) is 40.3 Å². The van der Waals surface area contributed by atoms with E-state index in [0.29, 0.717) is 17.2 Å². The van der Waals surface area contributed by atoms with Crippen LogP contribution in [0.1, 0.15) is 25.3 Å². The van der Waals surface area contributed by atoms with Crippen LogP contribution in [0.25, 0.3) is 0 Å². The second kappa shape index (κ2) is 6.90. The zero-order valence-corrected chi connectivity index (χ0v) is 15.1. The lowest BCUT2D eigenvalue weighted by Gasteiger charge is -2.16. The van der Waals surface area contributed by atoms with E-state index in [-0.39, 0.29) is 16.2 Å². The number of halogens is 2. The Labute approximate surface area is 145 Å². The van der Waals surface area contributed by atoms with E-state index in [1.807, 2.05) is 26.0 Å². The predicted molar refractivity (Wildman–Crippen MR) is 94.3 cm³/mol. The number of sulfonamides is 1. The molecule has 2 aromatic rings. The standard InChI is InChI=1S/C14H16Cl2N4O2S/c1-8(2)9-4-5-11(20-23(3,21)22)12(6-9)18-13-10(15)7-17-14(16)19-13/h4-8,20H,1-3H3,(H,17,18,19). The van der Waals surface area contributed by atoms with Crippen molar-refractivity contribution in [1.82, 2.24) is 9.97 Å². The fourth-order valence-electron chi connectivity index (χ4n) is 1.87. The highest BCUT2D eigenvalue weighted by atomic mass is 35.5. The van der Waals surface area contributed by atoms with Gasteiger partial charge in [-0.3, -0.25) is 4.72 Å². The molecule has 0 aliphatic rings. The Balaban J connectivity index is 2.48. The van der Waals surface area contributed by atoms with E-state index in [4.69, 9.17) is 23.2 Å². The van der Waals surface area contributed by atoms with Crippen LogP contribution in [0.5, 0.6) is 0 Å². The first-order valence-corrected chi connectivity index (χ1v) is 9.37. The van der Waals surface area contributed by atoms with E-state index in [1.165, 1.54) is 6.20 Å². The van der Waals surface area contributed by atoms with Crippen molar-refractivity contribution >= 4 is 50.4 Å². The number of anilines is 3. The van der Waals surface area contributed by atoms with Gasteiger partial charge < -0.3 is 5.32 Å². The Bertz CT molecular complexity index is 826. The van der Waals surface area contributed by atoms with Crippen molar-refractivity contribution in [3.8, 4) is 0 Å². The molecule has 0 spiro atoms. The lowest BCUT2D eigenvalue weighted by molar-refractivity contribution is 0.607. The van der Waals surface area contributed by atoms with E-state index in [9.17, 15) is 8.42 Å². The number of nitrogens with one attached hydrogen (secondary N) is 2. The van der Waals surface area contributed by atoms with Gasteiger partial charge in [-0.25, -0.2) is 13.4 Å². The number of nitrogens with zero attached hydrogens (tertiary/aromatic N) is 2. The van der Waals surface area contributed by atoms with Gasteiger partial charge in [-0.1, -0.05) is 31.5 Å². The molecule has 1 aromatic heterocycles. The van der Waals surface area contributed by atoms with Crippen LogP contribution in [0, 0.1) is 0 Å². The summed E-state index contributed by atoms with van der Waals surface area (Å²) in [5.74, 6) is 0.566. The maximum absolute atomic E-state index is 11.5. The van der Waals surface area contributed by atoms with E-state index < -0.39 is 10.0 Å². The number of rotatable bonds is 5. The molecule has 0 fully saturated rings. The van der Waals surface area contributed by atoms with Crippen LogP contribution < -0.4 is 10.0 Å². The molecule has 23 heavy (non-hydrogen) atoms. The van der Waals surface area contributed by atoms with Crippen LogP contribution in [-0.2, 0) is 10.0 Å². The predicted octanol–water partition coefficient (Wildman–Crippen LogP) is 4.02. The minimum absolute atomic E-state index is 0.0366. The third-order valence-corrected chi connectivity index (χ3v) is 4.02. The molecule has 0 radical (unpaired) electrons. The number of hydrogen-bond acceptors (Lipinski definition) is 5. The highest BCUT2D eigenvalue weighted by molar-refractivity contribution is 7.92. The van der Waals surface area contributed by atoms with Gasteiger partial charge in [0.25, 0.3) is 0 Å². The van der Waals surface area contributed by atoms with Gasteiger partial charge in [0.1, 0.15) is 5.02 Å². The van der Waals surface area contributed by atoms with Crippen molar-refractivity contribution in [2.24, 2.45) is 0 Å². The Hall–Kier alpha value is -1.57. The molecule has 0 atom stereocenters. The van der Waals surface area contributed by atoms with E-state index >= 15 is 0 Å². The van der Waals surface area contributed by atoms with E-state index in [2.05, 4.69) is 20.0 Å². The van der Waals surface area contributed by atoms with Gasteiger partial charge in [-0.15, -0.1) is 0 Å². The van der Waals surface area contributed by atoms with Crippen molar-refractivity contribution in [2.45, 2.75) is 19.8 Å². The van der Waals surface area contributed by atoms with E-state index in [1.54, 1.807) is 6.07 Å². The molecule has 0 bridgehead atoms. The molecule has 0 saturated heterocycles. The summed E-state index contributed by atoms with van der Waals surface area (Å²) in [5, 5.41) is 3.31. The van der Waals surface area contributed by atoms with Crippen LogP contribution in [-0.4, -0.2) is 24.6 Å². The minimum Gasteiger partial charge on any atom is -0.337 e. The Morgan fingerprint density at radius 3 is 2.48 bits per heavy atom. The van der Waals surface area contributed by atoms with Gasteiger partial charge in [0.15, 0.2) is 5.82 Å². The Kier molecular flexibility index (Phi) is 5.33.